The molecule has 4 atom stereocenters. The minimum Gasteiger partial charge on any atom is -0.504 e. The number of aromatic nitrogens is 1. The van der Waals surface area contributed by atoms with Crippen LogP contribution in [0.25, 0.3) is 0 Å². The van der Waals surface area contributed by atoms with Crippen molar-refractivity contribution in [2.24, 2.45) is 5.92 Å². The number of pyridine rings is 1. The van der Waals surface area contributed by atoms with Gasteiger partial charge >= 0.3 is 0 Å². The molecule has 8 nitrogen and oxygen atoms in total. The Morgan fingerprint density at radius 1 is 1.32 bits per heavy atom. The van der Waals surface area contributed by atoms with Gasteiger partial charge in [-0.3, -0.25) is 15.0 Å². The molecule has 2 aromatic rings. The van der Waals surface area contributed by atoms with Crippen molar-refractivity contribution >= 4 is 5.69 Å². The fourth-order valence-corrected chi connectivity index (χ4v) is 6.93. The maximum Gasteiger partial charge on any atom is 0.287 e. The molecule has 1 spiro atoms. The van der Waals surface area contributed by atoms with E-state index in [0.29, 0.717) is 42.2 Å². The predicted molar refractivity (Wildman–Crippen MR) is 109 cm³/mol. The lowest BCUT2D eigenvalue weighted by molar-refractivity contribution is -0.385. The van der Waals surface area contributed by atoms with Crippen molar-refractivity contribution in [1.29, 1.82) is 0 Å². The van der Waals surface area contributed by atoms with Gasteiger partial charge in [-0.15, -0.1) is 0 Å². The van der Waals surface area contributed by atoms with Crippen molar-refractivity contribution in [1.82, 2.24) is 9.88 Å². The summed E-state index contributed by atoms with van der Waals surface area (Å²) in [6.45, 7) is 1.84. The molecule has 1 unspecified atom stereocenters. The zero-order valence-electron chi connectivity index (χ0n) is 17.0. The first-order valence-electron chi connectivity index (χ1n) is 11.0. The Hall–Kier alpha value is -2.71. The Kier molecular flexibility index (Phi) is 3.21. The average Bonchev–Trinajstić information content (AvgIpc) is 3.48. The molecule has 7 rings (SSSR count). The van der Waals surface area contributed by atoms with E-state index >= 15 is 0 Å². The number of nitro groups is 1. The number of ether oxygens (including phenoxy) is 1. The van der Waals surface area contributed by atoms with Crippen molar-refractivity contribution in [2.75, 3.05) is 13.1 Å². The molecule has 3 heterocycles. The summed E-state index contributed by atoms with van der Waals surface area (Å²) in [5, 5.41) is 34.5. The first kappa shape index (κ1) is 17.9. The molecule has 160 valence electrons. The molecule has 8 heteroatoms. The zero-order chi connectivity index (χ0) is 21.1. The third-order valence-electron chi connectivity index (χ3n) is 8.42. The quantitative estimate of drug-likeness (QED) is 0.579. The van der Waals surface area contributed by atoms with Crippen molar-refractivity contribution in [3.8, 4) is 11.5 Å². The first-order chi connectivity index (χ1) is 14.9. The van der Waals surface area contributed by atoms with Crippen LogP contribution in [0.2, 0.25) is 0 Å². The molecule has 5 aliphatic rings. The van der Waals surface area contributed by atoms with Crippen LogP contribution >= 0.6 is 0 Å². The van der Waals surface area contributed by atoms with Gasteiger partial charge in [-0.25, -0.2) is 4.98 Å². The van der Waals surface area contributed by atoms with Crippen LogP contribution in [0, 0.1) is 16.0 Å². The SMILES string of the molecule is O=[N+]([O-])c1cnc2c(c1)C[C@@]1(O)C3Cc4ccc(O)c5c4[C@@]1(CCN3CC1CC1)[C@H]2O5. The lowest BCUT2D eigenvalue weighted by atomic mass is 9.49. The summed E-state index contributed by atoms with van der Waals surface area (Å²) >= 11 is 0. The van der Waals surface area contributed by atoms with Crippen LogP contribution in [0.15, 0.2) is 24.4 Å². The van der Waals surface area contributed by atoms with Crippen molar-refractivity contribution in [3.63, 3.8) is 0 Å². The predicted octanol–water partition coefficient (Wildman–Crippen LogP) is 2.39. The van der Waals surface area contributed by atoms with Gasteiger partial charge < -0.3 is 14.9 Å². The molecule has 31 heavy (non-hydrogen) atoms. The average molecular weight is 421 g/mol. The highest BCUT2D eigenvalue weighted by Crippen LogP contribution is 2.68. The molecule has 0 amide bonds. The number of aliphatic hydroxyl groups is 1. The highest BCUT2D eigenvalue weighted by atomic mass is 16.6. The van der Waals surface area contributed by atoms with Gasteiger partial charge in [0.05, 0.1) is 21.6 Å². The monoisotopic (exact) mass is 421 g/mol. The minimum absolute atomic E-state index is 0.0758. The van der Waals surface area contributed by atoms with E-state index in [0.717, 1.165) is 24.2 Å². The molecule has 0 radical (unpaired) electrons. The van der Waals surface area contributed by atoms with E-state index in [2.05, 4.69) is 9.88 Å². The van der Waals surface area contributed by atoms with Crippen LogP contribution < -0.4 is 4.74 Å². The number of nitrogens with zero attached hydrogens (tertiary/aromatic N) is 3. The first-order valence-corrected chi connectivity index (χ1v) is 11.0. The Morgan fingerprint density at radius 3 is 2.94 bits per heavy atom. The summed E-state index contributed by atoms with van der Waals surface area (Å²) < 4.78 is 6.37. The second kappa shape index (κ2) is 5.55. The number of hydrogen-bond donors (Lipinski definition) is 2. The van der Waals surface area contributed by atoms with E-state index in [1.807, 2.05) is 6.07 Å². The van der Waals surface area contributed by atoms with Gasteiger partial charge in [0, 0.05) is 30.6 Å². The number of hydrogen-bond acceptors (Lipinski definition) is 7. The fraction of sp³-hybridized carbons (Fsp3) is 0.522. The van der Waals surface area contributed by atoms with E-state index in [9.17, 15) is 20.3 Å². The molecular weight excluding hydrogens is 398 g/mol. The number of rotatable bonds is 3. The third-order valence-corrected chi connectivity index (χ3v) is 8.42. The normalized spacial score (nSPS) is 34.6. The highest BCUT2D eigenvalue weighted by molar-refractivity contribution is 5.64. The van der Waals surface area contributed by atoms with Crippen LogP contribution in [0.3, 0.4) is 0 Å². The Labute approximate surface area is 178 Å². The lowest BCUT2D eigenvalue weighted by Gasteiger charge is -2.62. The van der Waals surface area contributed by atoms with Gasteiger partial charge in [0.2, 0.25) is 0 Å². The van der Waals surface area contributed by atoms with E-state index in [4.69, 9.17) is 4.74 Å². The topological polar surface area (TPSA) is 109 Å². The second-order valence-corrected chi connectivity index (χ2v) is 9.92. The zero-order valence-corrected chi connectivity index (χ0v) is 17.0. The summed E-state index contributed by atoms with van der Waals surface area (Å²) in [4.78, 5) is 17.8. The van der Waals surface area contributed by atoms with Gasteiger partial charge in [0.15, 0.2) is 17.6 Å². The largest absolute Gasteiger partial charge is 0.504 e. The summed E-state index contributed by atoms with van der Waals surface area (Å²) in [6.07, 6.45) is 4.89. The number of phenolic OH excluding ortho intramolecular Hbond substituents is 1. The Bertz CT molecular complexity index is 1160. The number of aromatic hydroxyl groups is 1. The molecule has 2 bridgehead atoms. The summed E-state index contributed by atoms with van der Waals surface area (Å²) in [5.74, 6) is 1.22. The van der Waals surface area contributed by atoms with Crippen molar-refractivity contribution < 1.29 is 19.9 Å². The number of benzene rings is 1. The maximum atomic E-state index is 12.5. The number of phenols is 1. The standard InChI is InChI=1S/C23H23N3O5/c27-16-4-3-13-8-17-23(28)9-14-7-15(26(29)30)10-24-19(14)21-22(23,18(13)20(16)31-21)5-6-25(17)11-12-1-2-12/h3-4,7,10,12,17,21,27-28H,1-2,5-6,8-9,11H2/t17?,21-,22-,23+/m0/s1. The van der Waals surface area contributed by atoms with Gasteiger partial charge in [0.1, 0.15) is 6.20 Å². The van der Waals surface area contributed by atoms with Gasteiger partial charge in [-0.05, 0) is 55.3 Å². The molecule has 3 aliphatic carbocycles. The smallest absolute Gasteiger partial charge is 0.287 e. The van der Waals surface area contributed by atoms with Crippen molar-refractivity contribution in [2.45, 2.75) is 55.3 Å². The van der Waals surface area contributed by atoms with Crippen LogP contribution in [0.1, 0.15) is 47.8 Å². The molecule has 1 saturated carbocycles. The van der Waals surface area contributed by atoms with Crippen molar-refractivity contribution in [3.05, 3.63) is 56.9 Å². The molecule has 2 fully saturated rings. The number of likely N-dealkylation sites (tertiary alicyclic amines) is 1. The summed E-state index contributed by atoms with van der Waals surface area (Å²) in [5.41, 5.74) is 1.45. The van der Waals surface area contributed by atoms with Crippen LogP contribution in [0.4, 0.5) is 5.69 Å². The molecular formula is C23H23N3O5. The fourth-order valence-electron chi connectivity index (χ4n) is 6.93. The highest BCUT2D eigenvalue weighted by Gasteiger charge is 2.72. The van der Waals surface area contributed by atoms with Gasteiger partial charge in [-0.2, -0.15) is 0 Å². The van der Waals surface area contributed by atoms with E-state index < -0.39 is 22.0 Å². The molecule has 2 N–H and O–H groups in total. The Balaban J connectivity index is 1.48. The molecule has 1 aromatic heterocycles. The van der Waals surface area contributed by atoms with E-state index in [1.165, 1.54) is 25.1 Å². The van der Waals surface area contributed by atoms with E-state index in [-0.39, 0.29) is 17.5 Å². The summed E-state index contributed by atoms with van der Waals surface area (Å²) in [6, 6.07) is 5.09. The van der Waals surface area contributed by atoms with Crippen LogP contribution in [0.5, 0.6) is 11.5 Å². The third kappa shape index (κ3) is 2.05. The van der Waals surface area contributed by atoms with Gasteiger partial charge in [-0.1, -0.05) is 6.07 Å². The molecule has 2 aliphatic heterocycles. The maximum absolute atomic E-state index is 12.5. The minimum atomic E-state index is -1.14. The number of piperidine rings is 1. The number of fused-ring (bicyclic) bond motifs is 2. The second-order valence-electron chi connectivity index (χ2n) is 9.92. The van der Waals surface area contributed by atoms with Crippen LogP contribution in [-0.4, -0.2) is 49.8 Å². The lowest BCUT2D eigenvalue weighted by Crippen LogP contribution is -2.74. The Morgan fingerprint density at radius 2 is 2.16 bits per heavy atom. The summed E-state index contributed by atoms with van der Waals surface area (Å²) in [7, 11) is 0. The van der Waals surface area contributed by atoms with Crippen LogP contribution in [-0.2, 0) is 18.3 Å². The van der Waals surface area contributed by atoms with E-state index in [1.54, 1.807) is 6.07 Å². The van der Waals surface area contributed by atoms with Gasteiger partial charge in [0.25, 0.3) is 5.69 Å². The molecule has 1 aromatic carbocycles. The molecule has 1 saturated heterocycles.